The minimum Gasteiger partial charge on any atom is -0.356 e. The van der Waals surface area contributed by atoms with Gasteiger partial charge in [-0.25, -0.2) is 0 Å². The first-order valence-corrected chi connectivity index (χ1v) is 9.97. The van der Waals surface area contributed by atoms with Crippen molar-refractivity contribution in [3.8, 4) is 0 Å². The SMILES string of the molecule is CN=C(NCCc1ccccn1)NCC1CCCCN1Cc1ccccc1.I. The lowest BCUT2D eigenvalue weighted by Gasteiger charge is -2.36. The van der Waals surface area contributed by atoms with Crippen LogP contribution in [0.5, 0.6) is 0 Å². The molecule has 0 saturated carbocycles. The van der Waals surface area contributed by atoms with Gasteiger partial charge in [-0.05, 0) is 37.1 Å². The Morgan fingerprint density at radius 3 is 2.68 bits per heavy atom. The van der Waals surface area contributed by atoms with Gasteiger partial charge in [-0.15, -0.1) is 24.0 Å². The molecule has 152 valence electrons. The highest BCUT2D eigenvalue weighted by Gasteiger charge is 2.22. The van der Waals surface area contributed by atoms with Gasteiger partial charge in [-0.2, -0.15) is 0 Å². The van der Waals surface area contributed by atoms with Crippen LogP contribution < -0.4 is 10.6 Å². The second-order valence-electron chi connectivity index (χ2n) is 7.06. The van der Waals surface area contributed by atoms with E-state index in [1.54, 1.807) is 0 Å². The summed E-state index contributed by atoms with van der Waals surface area (Å²) >= 11 is 0. The van der Waals surface area contributed by atoms with Crippen LogP contribution in [0.1, 0.15) is 30.5 Å². The van der Waals surface area contributed by atoms with Gasteiger partial charge in [0, 0.05) is 51.0 Å². The quantitative estimate of drug-likeness (QED) is 0.353. The lowest BCUT2D eigenvalue weighted by Crippen LogP contribution is -2.49. The Bertz CT molecular complexity index is 693. The van der Waals surface area contributed by atoms with E-state index in [4.69, 9.17) is 0 Å². The second-order valence-corrected chi connectivity index (χ2v) is 7.06. The maximum absolute atomic E-state index is 4.37. The molecule has 1 aliphatic heterocycles. The predicted octanol–water partition coefficient (Wildman–Crippen LogP) is 3.46. The van der Waals surface area contributed by atoms with Crippen molar-refractivity contribution in [2.24, 2.45) is 4.99 Å². The molecule has 1 saturated heterocycles. The Morgan fingerprint density at radius 1 is 1.11 bits per heavy atom. The Labute approximate surface area is 186 Å². The first-order chi connectivity index (χ1) is 13.3. The van der Waals surface area contributed by atoms with Crippen LogP contribution in [-0.4, -0.2) is 48.6 Å². The Hall–Kier alpha value is -1.67. The largest absolute Gasteiger partial charge is 0.356 e. The van der Waals surface area contributed by atoms with E-state index in [2.05, 4.69) is 61.9 Å². The Morgan fingerprint density at radius 2 is 1.93 bits per heavy atom. The zero-order valence-electron chi connectivity index (χ0n) is 16.7. The molecular formula is C22H32IN5. The third-order valence-corrected chi connectivity index (χ3v) is 5.11. The number of nitrogens with one attached hydrogen (secondary N) is 2. The van der Waals surface area contributed by atoms with Crippen molar-refractivity contribution in [3.63, 3.8) is 0 Å². The van der Waals surface area contributed by atoms with Gasteiger partial charge < -0.3 is 10.6 Å². The molecule has 6 heteroatoms. The molecule has 1 atom stereocenters. The summed E-state index contributed by atoms with van der Waals surface area (Å²) in [4.78, 5) is 11.3. The number of likely N-dealkylation sites (tertiary alicyclic amines) is 1. The van der Waals surface area contributed by atoms with Gasteiger partial charge in [0.25, 0.3) is 0 Å². The molecule has 0 bridgehead atoms. The summed E-state index contributed by atoms with van der Waals surface area (Å²) in [5.41, 5.74) is 2.49. The maximum atomic E-state index is 4.37. The summed E-state index contributed by atoms with van der Waals surface area (Å²) in [6.07, 6.45) is 6.58. The number of aromatic nitrogens is 1. The molecule has 2 heterocycles. The summed E-state index contributed by atoms with van der Waals surface area (Å²) in [6.45, 7) is 3.96. The van der Waals surface area contributed by atoms with Gasteiger partial charge in [0.05, 0.1) is 0 Å². The number of piperidine rings is 1. The van der Waals surface area contributed by atoms with E-state index in [0.717, 1.165) is 37.7 Å². The molecule has 0 spiro atoms. The maximum Gasteiger partial charge on any atom is 0.191 e. The molecular weight excluding hydrogens is 461 g/mol. The number of rotatable bonds is 7. The van der Waals surface area contributed by atoms with Crippen LogP contribution in [0.3, 0.4) is 0 Å². The van der Waals surface area contributed by atoms with Crippen molar-refractivity contribution in [1.82, 2.24) is 20.5 Å². The molecule has 3 rings (SSSR count). The molecule has 0 aliphatic carbocycles. The molecule has 2 aromatic rings. The third-order valence-electron chi connectivity index (χ3n) is 5.11. The topological polar surface area (TPSA) is 52.6 Å². The molecule has 5 nitrogen and oxygen atoms in total. The van der Waals surface area contributed by atoms with Crippen molar-refractivity contribution in [3.05, 3.63) is 66.0 Å². The highest BCUT2D eigenvalue weighted by molar-refractivity contribution is 14.0. The molecule has 28 heavy (non-hydrogen) atoms. The average Bonchev–Trinajstić information content (AvgIpc) is 2.73. The number of benzene rings is 1. The number of pyridine rings is 1. The van der Waals surface area contributed by atoms with Crippen LogP contribution in [-0.2, 0) is 13.0 Å². The van der Waals surface area contributed by atoms with E-state index in [1.165, 1.54) is 31.4 Å². The minimum absolute atomic E-state index is 0. The fourth-order valence-corrected chi connectivity index (χ4v) is 3.61. The Kier molecular flexibility index (Phi) is 10.3. The van der Waals surface area contributed by atoms with Crippen molar-refractivity contribution in [1.29, 1.82) is 0 Å². The minimum atomic E-state index is 0. The monoisotopic (exact) mass is 493 g/mol. The molecule has 1 aromatic carbocycles. The molecule has 1 fully saturated rings. The van der Waals surface area contributed by atoms with Crippen molar-refractivity contribution in [2.45, 2.75) is 38.3 Å². The van der Waals surface area contributed by atoms with Crippen LogP contribution in [0.15, 0.2) is 59.7 Å². The first-order valence-electron chi connectivity index (χ1n) is 9.97. The molecule has 1 aliphatic rings. The molecule has 0 amide bonds. The van der Waals surface area contributed by atoms with Crippen LogP contribution in [0.4, 0.5) is 0 Å². The predicted molar refractivity (Wildman–Crippen MR) is 127 cm³/mol. The van der Waals surface area contributed by atoms with Gasteiger partial charge in [0.15, 0.2) is 5.96 Å². The highest BCUT2D eigenvalue weighted by Crippen LogP contribution is 2.19. The first kappa shape index (κ1) is 22.6. The van der Waals surface area contributed by atoms with Gasteiger partial charge in [0.2, 0.25) is 0 Å². The van der Waals surface area contributed by atoms with Crippen molar-refractivity contribution < 1.29 is 0 Å². The zero-order valence-corrected chi connectivity index (χ0v) is 19.0. The van der Waals surface area contributed by atoms with Crippen LogP contribution >= 0.6 is 24.0 Å². The third kappa shape index (κ3) is 7.39. The van der Waals surface area contributed by atoms with Crippen LogP contribution in [0, 0.1) is 0 Å². The van der Waals surface area contributed by atoms with Gasteiger partial charge in [-0.3, -0.25) is 14.9 Å². The summed E-state index contributed by atoms with van der Waals surface area (Å²) in [7, 11) is 1.83. The van der Waals surface area contributed by atoms with E-state index in [-0.39, 0.29) is 24.0 Å². The molecule has 2 N–H and O–H groups in total. The van der Waals surface area contributed by atoms with Gasteiger partial charge >= 0.3 is 0 Å². The van der Waals surface area contributed by atoms with E-state index in [9.17, 15) is 0 Å². The molecule has 1 aromatic heterocycles. The second kappa shape index (κ2) is 12.7. The van der Waals surface area contributed by atoms with E-state index >= 15 is 0 Å². The number of halogens is 1. The van der Waals surface area contributed by atoms with Gasteiger partial charge in [-0.1, -0.05) is 42.8 Å². The summed E-state index contributed by atoms with van der Waals surface area (Å²) in [5.74, 6) is 0.871. The Balaban J connectivity index is 0.00000280. The zero-order chi connectivity index (χ0) is 18.7. The number of nitrogens with zero attached hydrogens (tertiary/aromatic N) is 3. The average molecular weight is 493 g/mol. The number of aliphatic imine (C=N–C) groups is 1. The fraction of sp³-hybridized carbons (Fsp3) is 0.455. The number of guanidine groups is 1. The van der Waals surface area contributed by atoms with Gasteiger partial charge in [0.1, 0.15) is 0 Å². The smallest absolute Gasteiger partial charge is 0.191 e. The normalized spacial score (nSPS) is 17.6. The lowest BCUT2D eigenvalue weighted by molar-refractivity contribution is 0.141. The lowest BCUT2D eigenvalue weighted by atomic mass is 10.0. The summed E-state index contributed by atoms with van der Waals surface area (Å²) in [6, 6.07) is 17.4. The number of hydrogen-bond acceptors (Lipinski definition) is 3. The highest BCUT2D eigenvalue weighted by atomic mass is 127. The van der Waals surface area contributed by atoms with E-state index in [0.29, 0.717) is 6.04 Å². The van der Waals surface area contributed by atoms with Crippen LogP contribution in [0.2, 0.25) is 0 Å². The molecule has 1 unspecified atom stereocenters. The number of hydrogen-bond donors (Lipinski definition) is 2. The summed E-state index contributed by atoms with van der Waals surface area (Å²) in [5, 5.41) is 6.92. The standard InChI is InChI=1S/C22H31N5.HI/c1-23-22(25-15-13-20-11-5-7-14-24-20)26-17-21-12-6-8-16-27(21)18-19-9-3-2-4-10-19;/h2-5,7,9-11,14,21H,6,8,12-13,15-18H2,1H3,(H2,23,25,26);1H. The molecule has 0 radical (unpaired) electrons. The van der Waals surface area contributed by atoms with E-state index < -0.39 is 0 Å². The van der Waals surface area contributed by atoms with E-state index in [1.807, 2.05) is 25.4 Å². The summed E-state index contributed by atoms with van der Waals surface area (Å²) < 4.78 is 0. The van der Waals surface area contributed by atoms with Crippen LogP contribution in [0.25, 0.3) is 0 Å². The fourth-order valence-electron chi connectivity index (χ4n) is 3.61. The van der Waals surface area contributed by atoms with Crippen molar-refractivity contribution in [2.75, 3.05) is 26.7 Å². The van der Waals surface area contributed by atoms with Crippen molar-refractivity contribution >= 4 is 29.9 Å².